The first-order chi connectivity index (χ1) is 9.34. The average Bonchev–Trinajstić information content (AvgIpc) is 2.41. The third-order valence-electron chi connectivity index (χ3n) is 3.50. The van der Waals surface area contributed by atoms with Gasteiger partial charge in [0.2, 0.25) is 5.91 Å². The van der Waals surface area contributed by atoms with Crippen LogP contribution >= 0.6 is 0 Å². The molecule has 2 heteroatoms. The molecule has 0 atom stereocenters. The first-order valence-corrected chi connectivity index (χ1v) is 7.38. The molecule has 1 aromatic carbocycles. The predicted molar refractivity (Wildman–Crippen MR) is 80.2 cm³/mol. The van der Waals surface area contributed by atoms with Gasteiger partial charge in [0.05, 0.1) is 0 Å². The molecule has 2 nitrogen and oxygen atoms in total. The van der Waals surface area contributed by atoms with Crippen LogP contribution in [-0.2, 0) is 11.2 Å². The summed E-state index contributed by atoms with van der Waals surface area (Å²) in [6.07, 6.45) is 13.1. The Morgan fingerprint density at radius 1 is 0.895 bits per heavy atom. The predicted octanol–water partition coefficient (Wildman–Crippen LogP) is 4.47. The number of benzene rings is 1. The lowest BCUT2D eigenvalue weighted by molar-refractivity contribution is -0.116. The van der Waals surface area contributed by atoms with E-state index in [2.05, 4.69) is 29.6 Å². The van der Waals surface area contributed by atoms with Crippen LogP contribution in [0.5, 0.6) is 0 Å². The maximum atomic E-state index is 11.8. The number of carbonyl (C=O) groups is 1. The standard InChI is InChI=1S/C17H23NO/c19-17-13-8-6-4-2-1-3-5-7-10-15-11-9-12-16(14-15)18-17/h3,5,9,11-12,14H,1-2,4,6-8,10,13H2,(H,18,19)/b5-3-. The topological polar surface area (TPSA) is 29.1 Å². The Morgan fingerprint density at radius 2 is 1.74 bits per heavy atom. The lowest BCUT2D eigenvalue weighted by Gasteiger charge is -2.07. The Hall–Kier alpha value is -1.57. The molecule has 0 aromatic heterocycles. The summed E-state index contributed by atoms with van der Waals surface area (Å²) in [5.74, 6) is 0.144. The minimum absolute atomic E-state index is 0.144. The number of amides is 1. The van der Waals surface area contributed by atoms with Gasteiger partial charge in [0.25, 0.3) is 0 Å². The number of anilines is 1. The highest BCUT2D eigenvalue weighted by atomic mass is 16.1. The second kappa shape index (κ2) is 7.78. The molecule has 0 unspecified atom stereocenters. The fourth-order valence-corrected chi connectivity index (χ4v) is 2.42. The van der Waals surface area contributed by atoms with Gasteiger partial charge in [0, 0.05) is 12.1 Å². The van der Waals surface area contributed by atoms with Crippen molar-refractivity contribution in [1.29, 1.82) is 0 Å². The number of allylic oxidation sites excluding steroid dienone is 2. The smallest absolute Gasteiger partial charge is 0.224 e. The fourth-order valence-electron chi connectivity index (χ4n) is 2.42. The molecule has 0 radical (unpaired) electrons. The second-order valence-corrected chi connectivity index (χ2v) is 5.21. The zero-order chi connectivity index (χ0) is 13.3. The third-order valence-corrected chi connectivity index (χ3v) is 3.50. The van der Waals surface area contributed by atoms with Crippen molar-refractivity contribution in [1.82, 2.24) is 0 Å². The summed E-state index contributed by atoms with van der Waals surface area (Å²) in [5.41, 5.74) is 2.22. The Kier molecular flexibility index (Phi) is 5.67. The number of nitrogens with one attached hydrogen (secondary N) is 1. The van der Waals surface area contributed by atoms with E-state index in [1.165, 1.54) is 24.8 Å². The van der Waals surface area contributed by atoms with Gasteiger partial charge in [-0.2, -0.15) is 0 Å². The molecule has 19 heavy (non-hydrogen) atoms. The van der Waals surface area contributed by atoms with Crippen LogP contribution < -0.4 is 5.32 Å². The zero-order valence-electron chi connectivity index (χ0n) is 11.5. The molecular formula is C17H23NO. The Balaban J connectivity index is 2.01. The van der Waals surface area contributed by atoms with Crippen LogP contribution in [-0.4, -0.2) is 5.91 Å². The quantitative estimate of drug-likeness (QED) is 0.683. The van der Waals surface area contributed by atoms with Crippen LogP contribution in [0.4, 0.5) is 5.69 Å². The maximum absolute atomic E-state index is 11.8. The number of carbonyl (C=O) groups excluding carboxylic acids is 1. The highest BCUT2D eigenvalue weighted by molar-refractivity contribution is 5.90. The van der Waals surface area contributed by atoms with E-state index in [-0.39, 0.29) is 5.91 Å². The van der Waals surface area contributed by atoms with Crippen LogP contribution in [0.2, 0.25) is 0 Å². The summed E-state index contributed by atoms with van der Waals surface area (Å²) >= 11 is 0. The molecule has 1 aromatic rings. The van der Waals surface area contributed by atoms with E-state index >= 15 is 0 Å². The first-order valence-electron chi connectivity index (χ1n) is 7.38. The van der Waals surface area contributed by atoms with Crippen molar-refractivity contribution in [3.63, 3.8) is 0 Å². The molecule has 1 aliphatic rings. The molecular weight excluding hydrogens is 234 g/mol. The van der Waals surface area contributed by atoms with Crippen LogP contribution in [0.25, 0.3) is 0 Å². The number of hydrogen-bond donors (Lipinski definition) is 1. The number of fused-ring (bicyclic) bond motifs is 2. The van der Waals surface area contributed by atoms with Crippen LogP contribution in [0.15, 0.2) is 36.4 Å². The fraction of sp³-hybridized carbons (Fsp3) is 0.471. The van der Waals surface area contributed by atoms with Gasteiger partial charge in [-0.15, -0.1) is 0 Å². The Labute approximate surface area is 115 Å². The molecule has 1 amide bonds. The molecule has 0 aliphatic carbocycles. The molecule has 1 N–H and O–H groups in total. The van der Waals surface area contributed by atoms with Crippen molar-refractivity contribution in [3.05, 3.63) is 42.0 Å². The van der Waals surface area contributed by atoms with E-state index in [9.17, 15) is 4.79 Å². The largest absolute Gasteiger partial charge is 0.326 e. The van der Waals surface area contributed by atoms with Gasteiger partial charge in [-0.05, 0) is 49.8 Å². The lowest BCUT2D eigenvalue weighted by atomic mass is 10.1. The number of rotatable bonds is 0. The summed E-state index contributed by atoms with van der Waals surface area (Å²) in [5, 5.41) is 2.99. The summed E-state index contributed by atoms with van der Waals surface area (Å²) < 4.78 is 0. The van der Waals surface area contributed by atoms with E-state index in [4.69, 9.17) is 0 Å². The second-order valence-electron chi connectivity index (χ2n) is 5.21. The van der Waals surface area contributed by atoms with Crippen LogP contribution in [0, 0.1) is 0 Å². The Morgan fingerprint density at radius 3 is 2.68 bits per heavy atom. The molecule has 0 saturated heterocycles. The summed E-state index contributed by atoms with van der Waals surface area (Å²) in [4.78, 5) is 11.8. The van der Waals surface area contributed by atoms with Crippen LogP contribution in [0.3, 0.4) is 0 Å². The highest BCUT2D eigenvalue weighted by Crippen LogP contribution is 2.14. The Bertz CT molecular complexity index is 437. The zero-order valence-corrected chi connectivity index (χ0v) is 11.5. The average molecular weight is 257 g/mol. The maximum Gasteiger partial charge on any atom is 0.224 e. The van der Waals surface area contributed by atoms with E-state index in [0.29, 0.717) is 6.42 Å². The molecule has 1 heterocycles. The minimum atomic E-state index is 0.144. The highest BCUT2D eigenvalue weighted by Gasteiger charge is 2.03. The van der Waals surface area contributed by atoms with Crippen molar-refractivity contribution in [3.8, 4) is 0 Å². The van der Waals surface area contributed by atoms with E-state index in [1.54, 1.807) is 0 Å². The molecule has 0 fully saturated rings. The van der Waals surface area contributed by atoms with Crippen molar-refractivity contribution >= 4 is 11.6 Å². The molecule has 0 saturated carbocycles. The molecule has 1 aliphatic heterocycles. The van der Waals surface area contributed by atoms with E-state index in [1.807, 2.05) is 12.1 Å². The SMILES string of the molecule is O=C1CCCCCC/C=C\CCc2cccc(c2)N1. The number of aryl methyl sites for hydroxylation is 1. The molecule has 0 spiro atoms. The van der Waals surface area contributed by atoms with Crippen molar-refractivity contribution in [2.24, 2.45) is 0 Å². The normalized spacial score (nSPS) is 19.9. The van der Waals surface area contributed by atoms with Gasteiger partial charge in [-0.1, -0.05) is 37.1 Å². The first kappa shape index (κ1) is 13.9. The van der Waals surface area contributed by atoms with E-state index in [0.717, 1.165) is 31.4 Å². The summed E-state index contributed by atoms with van der Waals surface area (Å²) in [6.45, 7) is 0. The van der Waals surface area contributed by atoms with Gasteiger partial charge >= 0.3 is 0 Å². The van der Waals surface area contributed by atoms with Crippen molar-refractivity contribution in [2.45, 2.75) is 51.4 Å². The number of hydrogen-bond acceptors (Lipinski definition) is 1. The van der Waals surface area contributed by atoms with Gasteiger partial charge in [0.15, 0.2) is 0 Å². The lowest BCUT2D eigenvalue weighted by Crippen LogP contribution is -2.11. The van der Waals surface area contributed by atoms with Gasteiger partial charge in [-0.3, -0.25) is 4.79 Å². The van der Waals surface area contributed by atoms with Gasteiger partial charge in [0.1, 0.15) is 0 Å². The third kappa shape index (κ3) is 5.29. The van der Waals surface area contributed by atoms with E-state index < -0.39 is 0 Å². The van der Waals surface area contributed by atoms with Crippen molar-refractivity contribution in [2.75, 3.05) is 5.32 Å². The molecule has 2 rings (SSSR count). The van der Waals surface area contributed by atoms with Gasteiger partial charge in [-0.25, -0.2) is 0 Å². The van der Waals surface area contributed by atoms with Crippen LogP contribution in [0.1, 0.15) is 50.5 Å². The minimum Gasteiger partial charge on any atom is -0.326 e. The summed E-state index contributed by atoms with van der Waals surface area (Å²) in [6, 6.07) is 8.20. The molecule has 2 bridgehead atoms. The monoisotopic (exact) mass is 257 g/mol. The van der Waals surface area contributed by atoms with Crippen molar-refractivity contribution < 1.29 is 4.79 Å². The summed E-state index contributed by atoms with van der Waals surface area (Å²) in [7, 11) is 0. The van der Waals surface area contributed by atoms with Gasteiger partial charge < -0.3 is 5.32 Å². The molecule has 102 valence electrons.